The fraction of sp³-hybridized carbons (Fsp3) is 0.867. The quantitative estimate of drug-likeness (QED) is 0.829. The molecular formula is C15H25N3O. The summed E-state index contributed by atoms with van der Waals surface area (Å²) < 4.78 is 5.53. The Morgan fingerprint density at radius 1 is 0.895 bits per heavy atom. The van der Waals surface area contributed by atoms with Crippen LogP contribution >= 0.6 is 0 Å². The molecule has 0 radical (unpaired) electrons. The molecule has 2 saturated carbocycles. The molecule has 1 aromatic rings. The zero-order valence-electron chi connectivity index (χ0n) is 11.7. The highest BCUT2D eigenvalue weighted by Crippen LogP contribution is 2.34. The van der Waals surface area contributed by atoms with Gasteiger partial charge in [-0.05, 0) is 32.1 Å². The Morgan fingerprint density at radius 3 is 2.37 bits per heavy atom. The smallest absolute Gasteiger partial charge is 0.229 e. The predicted molar refractivity (Wildman–Crippen MR) is 73.9 cm³/mol. The van der Waals surface area contributed by atoms with Crippen molar-refractivity contribution >= 4 is 0 Å². The molecule has 2 N–H and O–H groups in total. The normalized spacial score (nSPS) is 30.2. The van der Waals surface area contributed by atoms with E-state index in [-0.39, 0.29) is 0 Å². The molecule has 0 amide bonds. The lowest BCUT2D eigenvalue weighted by molar-refractivity contribution is 0.296. The third-order valence-electron chi connectivity index (χ3n) is 4.74. The molecule has 3 rings (SSSR count). The van der Waals surface area contributed by atoms with Crippen molar-refractivity contribution in [2.45, 2.75) is 82.1 Å². The zero-order valence-corrected chi connectivity index (χ0v) is 11.7. The summed E-state index contributed by atoms with van der Waals surface area (Å²) >= 11 is 0. The molecule has 4 nitrogen and oxygen atoms in total. The van der Waals surface area contributed by atoms with Crippen LogP contribution in [0.2, 0.25) is 0 Å². The second-order valence-corrected chi connectivity index (χ2v) is 6.30. The van der Waals surface area contributed by atoms with Crippen LogP contribution in [0.1, 0.15) is 87.8 Å². The maximum atomic E-state index is 6.04. The number of hydrogen-bond donors (Lipinski definition) is 1. The van der Waals surface area contributed by atoms with Crippen LogP contribution in [0, 0.1) is 0 Å². The lowest BCUT2D eigenvalue weighted by Gasteiger charge is -2.23. The van der Waals surface area contributed by atoms with Gasteiger partial charge in [-0.3, -0.25) is 0 Å². The minimum absolute atomic E-state index is 0.312. The van der Waals surface area contributed by atoms with Gasteiger partial charge < -0.3 is 10.3 Å². The van der Waals surface area contributed by atoms with Crippen LogP contribution in [0.3, 0.4) is 0 Å². The van der Waals surface area contributed by atoms with E-state index in [2.05, 4.69) is 5.16 Å². The topological polar surface area (TPSA) is 64.9 Å². The third-order valence-corrected chi connectivity index (χ3v) is 4.74. The van der Waals surface area contributed by atoms with Gasteiger partial charge in [0.1, 0.15) is 0 Å². The van der Waals surface area contributed by atoms with E-state index in [1.807, 2.05) is 0 Å². The lowest BCUT2D eigenvalue weighted by Crippen LogP contribution is -2.27. The average molecular weight is 263 g/mol. The molecular weight excluding hydrogens is 238 g/mol. The summed E-state index contributed by atoms with van der Waals surface area (Å²) in [4.78, 5) is 4.70. The van der Waals surface area contributed by atoms with E-state index in [4.69, 9.17) is 15.2 Å². The van der Waals surface area contributed by atoms with Gasteiger partial charge in [0.05, 0.1) is 0 Å². The molecule has 0 spiro atoms. The van der Waals surface area contributed by atoms with Crippen LogP contribution in [0.5, 0.6) is 0 Å². The average Bonchev–Trinajstić information content (AvgIpc) is 2.75. The van der Waals surface area contributed by atoms with Crippen molar-refractivity contribution in [1.29, 1.82) is 0 Å². The predicted octanol–water partition coefficient (Wildman–Crippen LogP) is 3.49. The maximum absolute atomic E-state index is 6.04. The summed E-state index contributed by atoms with van der Waals surface area (Å²) in [5.41, 5.74) is 6.04. The minimum Gasteiger partial charge on any atom is -0.339 e. The lowest BCUT2D eigenvalue weighted by atomic mass is 9.86. The van der Waals surface area contributed by atoms with Crippen molar-refractivity contribution in [3.8, 4) is 0 Å². The van der Waals surface area contributed by atoms with Crippen molar-refractivity contribution in [2.75, 3.05) is 0 Å². The van der Waals surface area contributed by atoms with Crippen LogP contribution in [0.25, 0.3) is 0 Å². The highest BCUT2D eigenvalue weighted by Gasteiger charge is 2.27. The Labute approximate surface area is 115 Å². The number of aromatic nitrogens is 2. The molecule has 4 heteroatoms. The maximum Gasteiger partial charge on any atom is 0.229 e. The molecule has 19 heavy (non-hydrogen) atoms. The first-order valence-corrected chi connectivity index (χ1v) is 7.92. The van der Waals surface area contributed by atoms with Crippen molar-refractivity contribution < 1.29 is 4.52 Å². The highest BCUT2D eigenvalue weighted by molar-refractivity contribution is 5.01. The van der Waals surface area contributed by atoms with Gasteiger partial charge in [0, 0.05) is 17.9 Å². The number of nitrogens with two attached hydrogens (primary N) is 1. The molecule has 1 heterocycles. The third kappa shape index (κ3) is 3.16. The standard InChI is InChI=1S/C15H25N3O/c16-13-9-5-8-12(10-13)15-17-14(18-19-15)11-6-3-1-2-4-7-11/h11-13H,1-10,16H2/t12-,13+/m1/s1. The molecule has 0 bridgehead atoms. The SMILES string of the molecule is N[C@H]1CCC[C@@H](c2nc(C3CCCCCC3)no2)C1. The first-order valence-electron chi connectivity index (χ1n) is 7.92. The Morgan fingerprint density at radius 2 is 1.63 bits per heavy atom. The monoisotopic (exact) mass is 263 g/mol. The highest BCUT2D eigenvalue weighted by atomic mass is 16.5. The van der Waals surface area contributed by atoms with E-state index in [0.717, 1.165) is 31.0 Å². The van der Waals surface area contributed by atoms with Crippen molar-refractivity contribution in [1.82, 2.24) is 10.1 Å². The molecule has 2 aliphatic rings. The Balaban J connectivity index is 1.68. The van der Waals surface area contributed by atoms with Crippen molar-refractivity contribution in [3.05, 3.63) is 11.7 Å². The van der Waals surface area contributed by atoms with Crippen LogP contribution in [0.4, 0.5) is 0 Å². The fourth-order valence-corrected chi connectivity index (χ4v) is 3.57. The zero-order chi connectivity index (χ0) is 13.1. The van der Waals surface area contributed by atoms with Crippen LogP contribution < -0.4 is 5.73 Å². The van der Waals surface area contributed by atoms with E-state index in [0.29, 0.717) is 17.9 Å². The summed E-state index contributed by atoms with van der Waals surface area (Å²) in [6.07, 6.45) is 12.3. The summed E-state index contributed by atoms with van der Waals surface area (Å²) in [6, 6.07) is 0.312. The fourth-order valence-electron chi connectivity index (χ4n) is 3.57. The van der Waals surface area contributed by atoms with Crippen molar-refractivity contribution in [2.24, 2.45) is 5.73 Å². The van der Waals surface area contributed by atoms with E-state index >= 15 is 0 Å². The van der Waals surface area contributed by atoms with Gasteiger partial charge in [0.15, 0.2) is 5.82 Å². The molecule has 0 unspecified atom stereocenters. The molecule has 0 aromatic carbocycles. The molecule has 0 aliphatic heterocycles. The first kappa shape index (κ1) is 13.1. The number of nitrogens with zero attached hydrogens (tertiary/aromatic N) is 2. The van der Waals surface area contributed by atoms with Gasteiger partial charge in [0.2, 0.25) is 5.89 Å². The summed E-state index contributed by atoms with van der Waals surface area (Å²) in [5, 5.41) is 4.25. The van der Waals surface area contributed by atoms with Gasteiger partial charge in [-0.15, -0.1) is 0 Å². The van der Waals surface area contributed by atoms with Crippen LogP contribution in [0.15, 0.2) is 4.52 Å². The largest absolute Gasteiger partial charge is 0.339 e. The van der Waals surface area contributed by atoms with E-state index in [1.165, 1.54) is 44.9 Å². The van der Waals surface area contributed by atoms with Crippen molar-refractivity contribution in [3.63, 3.8) is 0 Å². The van der Waals surface area contributed by atoms with Gasteiger partial charge in [0.25, 0.3) is 0 Å². The van der Waals surface area contributed by atoms with Gasteiger partial charge in [-0.25, -0.2) is 0 Å². The molecule has 0 saturated heterocycles. The Bertz CT molecular complexity index is 379. The van der Waals surface area contributed by atoms with Gasteiger partial charge in [-0.1, -0.05) is 37.3 Å². The van der Waals surface area contributed by atoms with E-state index < -0.39 is 0 Å². The summed E-state index contributed by atoms with van der Waals surface area (Å²) in [6.45, 7) is 0. The van der Waals surface area contributed by atoms with Gasteiger partial charge in [-0.2, -0.15) is 4.98 Å². The van der Waals surface area contributed by atoms with E-state index in [9.17, 15) is 0 Å². The Hall–Kier alpha value is -0.900. The minimum atomic E-state index is 0.312. The second kappa shape index (κ2) is 6.04. The second-order valence-electron chi connectivity index (χ2n) is 6.30. The number of rotatable bonds is 2. The number of hydrogen-bond acceptors (Lipinski definition) is 4. The first-order chi connectivity index (χ1) is 9.33. The molecule has 2 atom stereocenters. The van der Waals surface area contributed by atoms with Crippen LogP contribution in [-0.2, 0) is 0 Å². The van der Waals surface area contributed by atoms with E-state index in [1.54, 1.807) is 0 Å². The molecule has 2 aliphatic carbocycles. The molecule has 106 valence electrons. The van der Waals surface area contributed by atoms with Crippen LogP contribution in [-0.4, -0.2) is 16.2 Å². The summed E-state index contributed by atoms with van der Waals surface area (Å²) in [5.74, 6) is 2.72. The summed E-state index contributed by atoms with van der Waals surface area (Å²) in [7, 11) is 0. The Kier molecular flexibility index (Phi) is 4.16. The van der Waals surface area contributed by atoms with Gasteiger partial charge >= 0.3 is 0 Å². The molecule has 1 aromatic heterocycles. The molecule has 2 fully saturated rings.